The Hall–Kier alpha value is -1.75. The number of carbonyl (C=O) groups is 1. The van der Waals surface area contributed by atoms with Crippen LogP contribution in [-0.2, 0) is 4.79 Å². The highest BCUT2D eigenvalue weighted by atomic mass is 16.6. The lowest BCUT2D eigenvalue weighted by Gasteiger charge is -2.34. The van der Waals surface area contributed by atoms with Crippen molar-refractivity contribution in [3.05, 3.63) is 24.3 Å². The standard InChI is InChI=1S/C15H19NO4/c1-9-14(15(18)16-8-10-6-11(17)7-10)20-13-5-3-2-4-12(13)19-9/h2-5,9-11,14,17H,6-8H2,1H3,(H,16,18). The summed E-state index contributed by atoms with van der Waals surface area (Å²) >= 11 is 0. The predicted octanol–water partition coefficient (Wildman–Crippen LogP) is 1.10. The number of benzene rings is 1. The van der Waals surface area contributed by atoms with Crippen LogP contribution in [-0.4, -0.2) is 35.9 Å². The smallest absolute Gasteiger partial charge is 0.265 e. The van der Waals surface area contributed by atoms with Crippen LogP contribution in [0.5, 0.6) is 11.5 Å². The van der Waals surface area contributed by atoms with Crippen LogP contribution in [0.15, 0.2) is 24.3 Å². The molecule has 1 saturated carbocycles. The summed E-state index contributed by atoms with van der Waals surface area (Å²) in [6.07, 6.45) is 0.380. The largest absolute Gasteiger partial charge is 0.482 e. The molecule has 0 spiro atoms. The Morgan fingerprint density at radius 2 is 1.95 bits per heavy atom. The molecule has 1 amide bonds. The molecular formula is C15H19NO4. The summed E-state index contributed by atoms with van der Waals surface area (Å²) in [6.45, 7) is 2.41. The molecular weight excluding hydrogens is 258 g/mol. The van der Waals surface area contributed by atoms with Gasteiger partial charge in [-0.3, -0.25) is 4.79 Å². The van der Waals surface area contributed by atoms with E-state index in [1.54, 1.807) is 6.07 Å². The van der Waals surface area contributed by atoms with Crippen molar-refractivity contribution in [2.24, 2.45) is 5.92 Å². The van der Waals surface area contributed by atoms with Crippen molar-refractivity contribution < 1.29 is 19.4 Å². The van der Waals surface area contributed by atoms with Crippen molar-refractivity contribution in [3.63, 3.8) is 0 Å². The number of aliphatic hydroxyl groups is 1. The van der Waals surface area contributed by atoms with Crippen LogP contribution in [0.1, 0.15) is 19.8 Å². The van der Waals surface area contributed by atoms with E-state index in [-0.39, 0.29) is 18.1 Å². The van der Waals surface area contributed by atoms with Crippen LogP contribution in [0.25, 0.3) is 0 Å². The summed E-state index contributed by atoms with van der Waals surface area (Å²) in [5, 5.41) is 12.1. The van der Waals surface area contributed by atoms with Gasteiger partial charge in [-0.25, -0.2) is 0 Å². The Kier molecular flexibility index (Phi) is 3.53. The molecule has 108 valence electrons. The number of amides is 1. The molecule has 5 nitrogen and oxygen atoms in total. The van der Waals surface area contributed by atoms with Gasteiger partial charge in [0.05, 0.1) is 6.10 Å². The van der Waals surface area contributed by atoms with Gasteiger partial charge in [0, 0.05) is 6.54 Å². The monoisotopic (exact) mass is 277 g/mol. The highest BCUT2D eigenvalue weighted by molar-refractivity contribution is 5.82. The summed E-state index contributed by atoms with van der Waals surface area (Å²) in [5.41, 5.74) is 0. The van der Waals surface area contributed by atoms with Gasteiger partial charge >= 0.3 is 0 Å². The molecule has 20 heavy (non-hydrogen) atoms. The van der Waals surface area contributed by atoms with Gasteiger partial charge in [0.2, 0.25) is 6.10 Å². The molecule has 0 bridgehead atoms. The van der Waals surface area contributed by atoms with Crippen LogP contribution < -0.4 is 14.8 Å². The highest BCUT2D eigenvalue weighted by Gasteiger charge is 2.35. The molecule has 1 fully saturated rings. The van der Waals surface area contributed by atoms with E-state index in [2.05, 4.69) is 5.32 Å². The third kappa shape index (κ3) is 2.58. The van der Waals surface area contributed by atoms with Crippen LogP contribution in [0.3, 0.4) is 0 Å². The fourth-order valence-electron chi connectivity index (χ4n) is 2.62. The molecule has 2 atom stereocenters. The van der Waals surface area contributed by atoms with E-state index in [4.69, 9.17) is 9.47 Å². The molecule has 0 aromatic heterocycles. The zero-order valence-corrected chi connectivity index (χ0v) is 11.4. The van der Waals surface area contributed by atoms with Crippen molar-refractivity contribution in [2.75, 3.05) is 6.54 Å². The Bertz CT molecular complexity index is 498. The van der Waals surface area contributed by atoms with Crippen molar-refractivity contribution in [1.29, 1.82) is 0 Å². The Labute approximate surface area is 117 Å². The summed E-state index contributed by atoms with van der Waals surface area (Å²) in [5.74, 6) is 1.49. The van der Waals surface area contributed by atoms with E-state index in [9.17, 15) is 9.90 Å². The first kappa shape index (κ1) is 13.2. The molecule has 5 heteroatoms. The molecule has 1 aliphatic carbocycles. The number of aliphatic hydroxyl groups excluding tert-OH is 1. The van der Waals surface area contributed by atoms with E-state index in [0.29, 0.717) is 24.0 Å². The molecule has 3 rings (SSSR count). The minimum Gasteiger partial charge on any atom is -0.482 e. The minimum absolute atomic E-state index is 0.159. The second-order valence-electron chi connectivity index (χ2n) is 5.54. The van der Waals surface area contributed by atoms with Crippen LogP contribution in [0.2, 0.25) is 0 Å². The van der Waals surface area contributed by atoms with E-state index < -0.39 is 6.10 Å². The number of rotatable bonds is 3. The molecule has 2 N–H and O–H groups in total. The maximum Gasteiger partial charge on any atom is 0.265 e. The summed E-state index contributed by atoms with van der Waals surface area (Å²) < 4.78 is 11.4. The Balaban J connectivity index is 1.58. The minimum atomic E-state index is -0.630. The zero-order valence-electron chi connectivity index (χ0n) is 11.4. The second-order valence-corrected chi connectivity index (χ2v) is 5.54. The topological polar surface area (TPSA) is 67.8 Å². The number of hydrogen-bond donors (Lipinski definition) is 2. The third-order valence-electron chi connectivity index (χ3n) is 3.88. The lowest BCUT2D eigenvalue weighted by atomic mass is 9.82. The molecule has 1 aromatic carbocycles. The van der Waals surface area contributed by atoms with E-state index in [0.717, 1.165) is 12.8 Å². The fourth-order valence-corrected chi connectivity index (χ4v) is 2.62. The average molecular weight is 277 g/mol. The maximum absolute atomic E-state index is 12.2. The predicted molar refractivity (Wildman–Crippen MR) is 72.7 cm³/mol. The first-order chi connectivity index (χ1) is 9.63. The molecule has 0 radical (unpaired) electrons. The van der Waals surface area contributed by atoms with Gasteiger partial charge in [-0.2, -0.15) is 0 Å². The first-order valence-electron chi connectivity index (χ1n) is 7.01. The highest BCUT2D eigenvalue weighted by Crippen LogP contribution is 2.33. The molecule has 1 heterocycles. The van der Waals surface area contributed by atoms with Crippen molar-refractivity contribution >= 4 is 5.91 Å². The molecule has 1 aliphatic heterocycles. The maximum atomic E-state index is 12.2. The van der Waals surface area contributed by atoms with Gasteiger partial charge in [-0.05, 0) is 37.8 Å². The quantitative estimate of drug-likeness (QED) is 0.868. The number of carbonyl (C=O) groups excluding carboxylic acids is 1. The third-order valence-corrected chi connectivity index (χ3v) is 3.88. The van der Waals surface area contributed by atoms with E-state index >= 15 is 0 Å². The molecule has 2 unspecified atom stereocenters. The lowest BCUT2D eigenvalue weighted by molar-refractivity contribution is -0.134. The summed E-state index contributed by atoms with van der Waals surface area (Å²) in [6, 6.07) is 7.35. The molecule has 2 aliphatic rings. The normalized spacial score (nSPS) is 31.3. The van der Waals surface area contributed by atoms with Crippen molar-refractivity contribution in [3.8, 4) is 11.5 Å². The van der Waals surface area contributed by atoms with Crippen molar-refractivity contribution in [1.82, 2.24) is 5.32 Å². The summed E-state index contributed by atoms with van der Waals surface area (Å²) in [7, 11) is 0. The number of para-hydroxylation sites is 2. The van der Waals surface area contributed by atoms with Gasteiger partial charge in [0.1, 0.15) is 6.10 Å². The SMILES string of the molecule is CC1Oc2ccccc2OC1C(=O)NCC1CC(O)C1. The number of fused-ring (bicyclic) bond motifs is 1. The van der Waals surface area contributed by atoms with Crippen LogP contribution >= 0.6 is 0 Å². The second kappa shape index (κ2) is 5.32. The Morgan fingerprint density at radius 1 is 1.30 bits per heavy atom. The van der Waals surface area contributed by atoms with E-state index in [1.807, 2.05) is 25.1 Å². The van der Waals surface area contributed by atoms with E-state index in [1.165, 1.54) is 0 Å². The van der Waals surface area contributed by atoms with Gasteiger partial charge in [-0.1, -0.05) is 12.1 Å². The van der Waals surface area contributed by atoms with Crippen LogP contribution in [0, 0.1) is 5.92 Å². The molecule has 1 aromatic rings. The van der Waals surface area contributed by atoms with Gasteiger partial charge in [-0.15, -0.1) is 0 Å². The van der Waals surface area contributed by atoms with Gasteiger partial charge in [0.15, 0.2) is 11.5 Å². The van der Waals surface area contributed by atoms with Gasteiger partial charge in [0.25, 0.3) is 5.91 Å². The van der Waals surface area contributed by atoms with Gasteiger partial charge < -0.3 is 19.9 Å². The fraction of sp³-hybridized carbons (Fsp3) is 0.533. The Morgan fingerprint density at radius 3 is 2.60 bits per heavy atom. The lowest BCUT2D eigenvalue weighted by Crippen LogP contribution is -2.50. The van der Waals surface area contributed by atoms with Crippen molar-refractivity contribution in [2.45, 2.75) is 38.1 Å². The number of nitrogens with one attached hydrogen (secondary N) is 1. The summed E-state index contributed by atoms with van der Waals surface area (Å²) in [4.78, 5) is 12.2. The number of ether oxygens (including phenoxy) is 2. The first-order valence-corrected chi connectivity index (χ1v) is 7.01. The zero-order chi connectivity index (χ0) is 14.1. The molecule has 0 saturated heterocycles. The number of hydrogen-bond acceptors (Lipinski definition) is 4. The average Bonchev–Trinajstić information content (AvgIpc) is 2.41. The van der Waals surface area contributed by atoms with Crippen LogP contribution in [0.4, 0.5) is 0 Å².